The van der Waals surface area contributed by atoms with Crippen LogP contribution in [-0.4, -0.2) is 52.0 Å². The highest BCUT2D eigenvalue weighted by Gasteiger charge is 2.47. The number of furan rings is 1. The summed E-state index contributed by atoms with van der Waals surface area (Å²) in [7, 11) is 0. The lowest BCUT2D eigenvalue weighted by Crippen LogP contribution is -2.63. The summed E-state index contributed by atoms with van der Waals surface area (Å²) in [5, 5.41) is 0. The number of ether oxygens (including phenoxy) is 1. The van der Waals surface area contributed by atoms with E-state index in [0.29, 0.717) is 6.54 Å². The third-order valence-corrected chi connectivity index (χ3v) is 5.99. The Morgan fingerprint density at radius 2 is 2.04 bits per heavy atom. The number of hydrogen-bond donors (Lipinski definition) is 0. The van der Waals surface area contributed by atoms with E-state index >= 15 is 0 Å². The second-order valence-corrected chi connectivity index (χ2v) is 7.70. The molecule has 1 amide bonds. The predicted octanol–water partition coefficient (Wildman–Crippen LogP) is 2.77. The molecule has 2 fully saturated rings. The van der Waals surface area contributed by atoms with Gasteiger partial charge in [-0.2, -0.15) is 0 Å². The number of carbonyl (C=O) groups is 1. The number of hydrogen-bond acceptors (Lipinski definition) is 5. The van der Waals surface area contributed by atoms with Gasteiger partial charge in [-0.05, 0) is 50.5 Å². The van der Waals surface area contributed by atoms with Gasteiger partial charge in [0.1, 0.15) is 18.1 Å². The number of amides is 1. The third kappa shape index (κ3) is 3.77. The number of aromatic nitrogens is 1. The molecule has 6 nitrogen and oxygen atoms in total. The van der Waals surface area contributed by atoms with Gasteiger partial charge in [0.2, 0.25) is 5.91 Å². The van der Waals surface area contributed by atoms with E-state index in [1.807, 2.05) is 42.3 Å². The number of nitrogens with zero attached hydrogens (tertiary/aromatic N) is 3. The molecule has 0 bridgehead atoms. The Morgan fingerprint density at radius 1 is 1.22 bits per heavy atom. The number of rotatable bonds is 4. The van der Waals surface area contributed by atoms with Gasteiger partial charge < -0.3 is 14.1 Å². The molecular formula is C21H27N3O3. The fraction of sp³-hybridized carbons (Fsp3) is 0.524. The number of piperidine rings is 1. The van der Waals surface area contributed by atoms with Crippen LogP contribution in [0, 0.1) is 6.92 Å². The first-order valence-corrected chi connectivity index (χ1v) is 9.66. The molecule has 27 heavy (non-hydrogen) atoms. The molecule has 6 heteroatoms. The zero-order valence-electron chi connectivity index (χ0n) is 16.1. The van der Waals surface area contributed by atoms with Gasteiger partial charge in [-0.25, -0.2) is 0 Å². The van der Waals surface area contributed by atoms with Crippen LogP contribution in [-0.2, 0) is 22.6 Å². The van der Waals surface area contributed by atoms with Crippen LogP contribution in [0.2, 0.25) is 0 Å². The topological polar surface area (TPSA) is 58.8 Å². The minimum atomic E-state index is -0.258. The van der Waals surface area contributed by atoms with Crippen molar-refractivity contribution in [1.29, 1.82) is 0 Å². The summed E-state index contributed by atoms with van der Waals surface area (Å²) in [5.41, 5.74) is 0.798. The van der Waals surface area contributed by atoms with Crippen LogP contribution in [0.15, 0.2) is 41.1 Å². The monoisotopic (exact) mass is 369 g/mol. The Labute approximate surface area is 160 Å². The Morgan fingerprint density at radius 3 is 2.70 bits per heavy atom. The van der Waals surface area contributed by atoms with Crippen LogP contribution in [0.25, 0.3) is 0 Å². The molecule has 1 atom stereocenters. The van der Waals surface area contributed by atoms with Crippen molar-refractivity contribution >= 4 is 5.91 Å². The van der Waals surface area contributed by atoms with Crippen molar-refractivity contribution in [2.24, 2.45) is 0 Å². The Hall–Kier alpha value is -2.18. The lowest BCUT2D eigenvalue weighted by Gasteiger charge is -2.51. The SMILES string of the molecule is Cc1ccc(CN2CCC3(CC2)OCC(=O)N(Cc2cccnc2)[C@H]3C)o1. The highest BCUT2D eigenvalue weighted by atomic mass is 16.5. The molecule has 2 aliphatic rings. The van der Waals surface area contributed by atoms with Crippen LogP contribution in [0.5, 0.6) is 0 Å². The quantitative estimate of drug-likeness (QED) is 0.829. The number of pyridine rings is 1. The average molecular weight is 369 g/mol. The average Bonchev–Trinajstić information content (AvgIpc) is 3.09. The molecule has 0 N–H and O–H groups in total. The molecule has 0 radical (unpaired) electrons. The van der Waals surface area contributed by atoms with E-state index in [9.17, 15) is 4.79 Å². The van der Waals surface area contributed by atoms with E-state index in [1.54, 1.807) is 6.20 Å². The van der Waals surface area contributed by atoms with Crippen molar-refractivity contribution < 1.29 is 13.9 Å². The molecule has 0 unspecified atom stereocenters. The molecule has 4 rings (SSSR count). The third-order valence-electron chi connectivity index (χ3n) is 5.99. The number of likely N-dealkylation sites (tertiary alicyclic amines) is 1. The van der Waals surface area contributed by atoms with E-state index < -0.39 is 0 Å². The van der Waals surface area contributed by atoms with Gasteiger partial charge in [0.15, 0.2) is 0 Å². The van der Waals surface area contributed by atoms with Gasteiger partial charge >= 0.3 is 0 Å². The van der Waals surface area contributed by atoms with E-state index in [2.05, 4.69) is 16.8 Å². The van der Waals surface area contributed by atoms with Gasteiger partial charge in [-0.15, -0.1) is 0 Å². The molecule has 2 aromatic rings. The van der Waals surface area contributed by atoms with Crippen molar-refractivity contribution in [3.05, 3.63) is 53.7 Å². The lowest BCUT2D eigenvalue weighted by atomic mass is 9.82. The largest absolute Gasteiger partial charge is 0.465 e. The van der Waals surface area contributed by atoms with E-state index in [4.69, 9.17) is 9.15 Å². The fourth-order valence-electron chi connectivity index (χ4n) is 4.26. The number of carbonyl (C=O) groups excluding carboxylic acids is 1. The van der Waals surface area contributed by atoms with Gasteiger partial charge in [0, 0.05) is 32.0 Å². The zero-order valence-corrected chi connectivity index (χ0v) is 16.1. The maximum absolute atomic E-state index is 12.5. The molecule has 2 aliphatic heterocycles. The second-order valence-electron chi connectivity index (χ2n) is 7.70. The van der Waals surface area contributed by atoms with E-state index in [0.717, 1.165) is 49.6 Å². The predicted molar refractivity (Wildman–Crippen MR) is 101 cm³/mol. The van der Waals surface area contributed by atoms with Crippen LogP contribution in [0.1, 0.15) is 36.8 Å². The summed E-state index contributed by atoms with van der Waals surface area (Å²) < 4.78 is 11.9. The Bertz CT molecular complexity index is 781. The molecule has 2 aromatic heterocycles. The molecule has 2 saturated heterocycles. The van der Waals surface area contributed by atoms with Crippen LogP contribution in [0.3, 0.4) is 0 Å². The van der Waals surface area contributed by atoms with Crippen molar-refractivity contribution in [3.63, 3.8) is 0 Å². The second kappa shape index (κ2) is 7.44. The summed E-state index contributed by atoms with van der Waals surface area (Å²) >= 11 is 0. The summed E-state index contributed by atoms with van der Waals surface area (Å²) in [6.45, 7) is 7.57. The highest BCUT2D eigenvalue weighted by molar-refractivity contribution is 5.78. The fourth-order valence-corrected chi connectivity index (χ4v) is 4.26. The summed E-state index contributed by atoms with van der Waals surface area (Å²) in [5.74, 6) is 2.02. The minimum Gasteiger partial charge on any atom is -0.465 e. The van der Waals surface area contributed by atoms with Gasteiger partial charge in [-0.1, -0.05) is 6.07 Å². The molecule has 1 spiro atoms. The molecule has 0 aliphatic carbocycles. The maximum atomic E-state index is 12.5. The molecule has 0 saturated carbocycles. The first-order valence-electron chi connectivity index (χ1n) is 9.66. The van der Waals surface area contributed by atoms with Gasteiger partial charge in [0.25, 0.3) is 0 Å². The first-order chi connectivity index (χ1) is 13.1. The van der Waals surface area contributed by atoms with Crippen LogP contribution in [0.4, 0.5) is 0 Å². The Kier molecular flexibility index (Phi) is 5.02. The highest BCUT2D eigenvalue weighted by Crippen LogP contribution is 2.36. The van der Waals surface area contributed by atoms with Crippen LogP contribution < -0.4 is 0 Å². The standard InChI is InChI=1S/C21H27N3O3/c1-16-5-6-19(27-16)14-23-10-7-21(8-11-23)17(2)24(20(25)15-26-21)13-18-4-3-9-22-12-18/h3-6,9,12,17H,7-8,10-11,13-15H2,1-2H3/t17-/m0/s1. The first kappa shape index (κ1) is 18.2. The molecular weight excluding hydrogens is 342 g/mol. The number of aryl methyl sites for hydroxylation is 1. The van der Waals surface area contributed by atoms with E-state index in [-0.39, 0.29) is 24.2 Å². The van der Waals surface area contributed by atoms with Crippen molar-refractivity contribution in [1.82, 2.24) is 14.8 Å². The van der Waals surface area contributed by atoms with Crippen molar-refractivity contribution in [2.45, 2.75) is 51.4 Å². The van der Waals surface area contributed by atoms with Crippen molar-refractivity contribution in [3.8, 4) is 0 Å². The van der Waals surface area contributed by atoms with Gasteiger partial charge in [0.05, 0.1) is 18.2 Å². The summed E-state index contributed by atoms with van der Waals surface area (Å²) in [6.07, 6.45) is 5.43. The number of morpholine rings is 1. The summed E-state index contributed by atoms with van der Waals surface area (Å²) in [4.78, 5) is 21.0. The van der Waals surface area contributed by atoms with Crippen molar-refractivity contribution in [2.75, 3.05) is 19.7 Å². The molecule has 144 valence electrons. The lowest BCUT2D eigenvalue weighted by molar-refractivity contribution is -0.188. The zero-order chi connectivity index (χ0) is 18.9. The van der Waals surface area contributed by atoms with Gasteiger partial charge in [-0.3, -0.25) is 14.7 Å². The summed E-state index contributed by atoms with van der Waals surface area (Å²) in [6, 6.07) is 8.04. The minimum absolute atomic E-state index is 0.0481. The normalized spacial score (nSPS) is 23.1. The maximum Gasteiger partial charge on any atom is 0.249 e. The smallest absolute Gasteiger partial charge is 0.249 e. The molecule has 4 heterocycles. The van der Waals surface area contributed by atoms with E-state index in [1.165, 1.54) is 0 Å². The molecule has 0 aromatic carbocycles. The Balaban J connectivity index is 1.41. The van der Waals surface area contributed by atoms with Crippen LogP contribution >= 0.6 is 0 Å².